The van der Waals surface area contributed by atoms with E-state index in [1.807, 2.05) is 37.3 Å². The van der Waals surface area contributed by atoms with Crippen LogP contribution in [0.4, 0.5) is 0 Å². The lowest BCUT2D eigenvalue weighted by Gasteiger charge is -2.14. The van der Waals surface area contributed by atoms with E-state index in [4.69, 9.17) is 0 Å². The van der Waals surface area contributed by atoms with Gasteiger partial charge in [0.15, 0.2) is 0 Å². The minimum Gasteiger partial charge on any atom is -0.309 e. The standard InChI is InChI=1S/C37H25BrN2O2/c1-3-32(38)37(33(4-2)40(41)42)30-17-11-19-35-36(30)29-16-9-10-18-34(29)39(35)23-20-21-28-26-14-6-5-12-24(26)25-13-7-8-15-27(25)31(28)22-23/h3-22H,2H2,1H3/b32-3+,37-33+. The molecular formula is C37H25BrN2O2. The molecule has 42 heavy (non-hydrogen) atoms. The number of hydrogen-bond donors (Lipinski definition) is 0. The van der Waals surface area contributed by atoms with Crippen LogP contribution in [0, 0.1) is 10.1 Å². The second-order valence-electron chi connectivity index (χ2n) is 10.2. The first kappa shape index (κ1) is 25.9. The highest BCUT2D eigenvalue weighted by atomic mass is 79.9. The number of rotatable bonds is 5. The Kier molecular flexibility index (Phi) is 6.25. The molecule has 6 aromatic carbocycles. The van der Waals surface area contributed by atoms with E-state index in [2.05, 4.69) is 112 Å². The molecular weight excluding hydrogens is 584 g/mol. The van der Waals surface area contributed by atoms with Crippen molar-refractivity contribution in [3.8, 4) is 5.69 Å². The fraction of sp³-hybridized carbons (Fsp3) is 0.0270. The maximum absolute atomic E-state index is 12.1. The fourth-order valence-corrected chi connectivity index (χ4v) is 6.76. The SMILES string of the molecule is C=C/C(=C(\C(Br)=C/C)c1cccc2c1c1ccccc1n2-c1ccc2c3ccccc3c3ccccc3c2c1)[N+](=O)[O-]. The van der Waals surface area contributed by atoms with Gasteiger partial charge in [-0.15, -0.1) is 0 Å². The third kappa shape index (κ3) is 3.81. The number of nitrogens with zero attached hydrogens (tertiary/aromatic N) is 2. The van der Waals surface area contributed by atoms with Crippen LogP contribution in [0.5, 0.6) is 0 Å². The number of benzene rings is 6. The summed E-state index contributed by atoms with van der Waals surface area (Å²) in [5.41, 5.74) is 4.26. The molecule has 0 aliphatic heterocycles. The van der Waals surface area contributed by atoms with Crippen LogP contribution in [0.15, 0.2) is 138 Å². The van der Waals surface area contributed by atoms with E-state index in [9.17, 15) is 10.1 Å². The van der Waals surface area contributed by atoms with E-state index in [0.717, 1.165) is 33.1 Å². The van der Waals surface area contributed by atoms with E-state index in [1.54, 1.807) is 0 Å². The van der Waals surface area contributed by atoms with E-state index >= 15 is 0 Å². The molecule has 0 unspecified atom stereocenters. The summed E-state index contributed by atoms with van der Waals surface area (Å²) in [5, 5.41) is 21.4. The van der Waals surface area contributed by atoms with Crippen LogP contribution in [0.3, 0.4) is 0 Å². The number of fused-ring (bicyclic) bond motifs is 9. The summed E-state index contributed by atoms with van der Waals surface area (Å²) in [7, 11) is 0. The molecule has 0 aliphatic carbocycles. The van der Waals surface area contributed by atoms with Gasteiger partial charge in [0.2, 0.25) is 0 Å². The van der Waals surface area contributed by atoms with Crippen LogP contribution in [0.1, 0.15) is 12.5 Å². The first-order chi connectivity index (χ1) is 20.5. The van der Waals surface area contributed by atoms with Crippen LogP contribution in [-0.2, 0) is 0 Å². The molecule has 5 heteroatoms. The number of nitro groups is 1. The summed E-state index contributed by atoms with van der Waals surface area (Å²) >= 11 is 3.61. The van der Waals surface area contributed by atoms with Crippen LogP contribution in [0.2, 0.25) is 0 Å². The predicted octanol–water partition coefficient (Wildman–Crippen LogP) is 10.7. The van der Waals surface area contributed by atoms with Gasteiger partial charge in [0.1, 0.15) is 0 Å². The topological polar surface area (TPSA) is 48.1 Å². The van der Waals surface area contributed by atoms with Crippen LogP contribution >= 0.6 is 15.9 Å². The van der Waals surface area contributed by atoms with Gasteiger partial charge < -0.3 is 4.57 Å². The van der Waals surface area contributed by atoms with E-state index < -0.39 is 0 Å². The summed E-state index contributed by atoms with van der Waals surface area (Å²) in [6.07, 6.45) is 3.15. The fourth-order valence-electron chi connectivity index (χ4n) is 6.34. The zero-order valence-corrected chi connectivity index (χ0v) is 24.4. The lowest BCUT2D eigenvalue weighted by atomic mass is 9.94. The van der Waals surface area contributed by atoms with Gasteiger partial charge in [-0.1, -0.05) is 114 Å². The van der Waals surface area contributed by atoms with Crippen LogP contribution in [0.25, 0.3) is 65.4 Å². The van der Waals surface area contributed by atoms with Gasteiger partial charge in [-0.25, -0.2) is 0 Å². The minimum atomic E-state index is -0.371. The Bertz CT molecular complexity index is 2290. The van der Waals surface area contributed by atoms with Crippen molar-refractivity contribution in [1.29, 1.82) is 0 Å². The highest BCUT2D eigenvalue weighted by Gasteiger charge is 2.24. The monoisotopic (exact) mass is 608 g/mol. The van der Waals surface area contributed by atoms with Gasteiger partial charge in [0, 0.05) is 27.0 Å². The first-order valence-corrected chi connectivity index (χ1v) is 14.5. The van der Waals surface area contributed by atoms with Crippen LogP contribution < -0.4 is 0 Å². The molecule has 0 saturated carbocycles. The van der Waals surface area contributed by atoms with Crippen molar-refractivity contribution in [1.82, 2.24) is 4.57 Å². The minimum absolute atomic E-state index is 0.0478. The maximum atomic E-state index is 12.1. The van der Waals surface area contributed by atoms with E-state index in [0.29, 0.717) is 10.1 Å². The lowest BCUT2D eigenvalue weighted by molar-refractivity contribution is -0.417. The second-order valence-corrected chi connectivity index (χ2v) is 11.1. The molecule has 0 atom stereocenters. The molecule has 1 heterocycles. The molecule has 0 radical (unpaired) electrons. The Balaban J connectivity index is 1.61. The zero-order chi connectivity index (χ0) is 29.0. The van der Waals surface area contributed by atoms with Crippen molar-refractivity contribution in [2.45, 2.75) is 6.92 Å². The van der Waals surface area contributed by atoms with Gasteiger partial charge in [0.05, 0.1) is 21.5 Å². The van der Waals surface area contributed by atoms with E-state index in [-0.39, 0.29) is 10.6 Å². The summed E-state index contributed by atoms with van der Waals surface area (Å²) in [6.45, 7) is 5.62. The number of hydrogen-bond acceptors (Lipinski definition) is 2. The van der Waals surface area contributed by atoms with E-state index in [1.165, 1.54) is 38.4 Å². The molecule has 4 nitrogen and oxygen atoms in total. The molecule has 0 saturated heterocycles. The van der Waals surface area contributed by atoms with Gasteiger partial charge >= 0.3 is 0 Å². The van der Waals surface area contributed by atoms with Gasteiger partial charge in [-0.05, 0) is 69.1 Å². The van der Waals surface area contributed by atoms with Crippen molar-refractivity contribution in [2.24, 2.45) is 0 Å². The molecule has 7 rings (SSSR count). The third-order valence-electron chi connectivity index (χ3n) is 8.09. The van der Waals surface area contributed by atoms with Crippen molar-refractivity contribution < 1.29 is 4.92 Å². The maximum Gasteiger partial charge on any atom is 0.277 e. The Morgan fingerprint density at radius 1 is 0.738 bits per heavy atom. The highest BCUT2D eigenvalue weighted by Crippen LogP contribution is 2.42. The zero-order valence-electron chi connectivity index (χ0n) is 22.8. The van der Waals surface area contributed by atoms with Crippen LogP contribution in [-0.4, -0.2) is 9.49 Å². The average molecular weight is 610 g/mol. The van der Waals surface area contributed by atoms with Gasteiger partial charge in [0.25, 0.3) is 5.70 Å². The molecule has 0 spiro atoms. The van der Waals surface area contributed by atoms with Crippen molar-refractivity contribution in [3.05, 3.63) is 154 Å². The molecule has 7 aromatic rings. The predicted molar refractivity (Wildman–Crippen MR) is 180 cm³/mol. The molecule has 0 fully saturated rings. The number of allylic oxidation sites excluding steroid dienone is 4. The van der Waals surface area contributed by atoms with Gasteiger partial charge in [-0.2, -0.15) is 0 Å². The summed E-state index contributed by atoms with van der Waals surface area (Å²) in [5.74, 6) is 0. The second kappa shape index (κ2) is 10.1. The first-order valence-electron chi connectivity index (χ1n) is 13.7. The molecule has 202 valence electrons. The number of para-hydroxylation sites is 1. The normalized spacial score (nSPS) is 12.9. The Hall–Kier alpha value is -5.00. The molecule has 0 N–H and O–H groups in total. The summed E-state index contributed by atoms with van der Waals surface area (Å²) < 4.78 is 2.90. The average Bonchev–Trinajstić information content (AvgIpc) is 3.37. The molecule has 0 aliphatic rings. The number of aromatic nitrogens is 1. The molecule has 0 amide bonds. The Morgan fingerprint density at radius 2 is 1.29 bits per heavy atom. The Labute approximate surface area is 250 Å². The summed E-state index contributed by atoms with van der Waals surface area (Å²) in [6, 6.07) is 38.0. The largest absolute Gasteiger partial charge is 0.309 e. The molecule has 1 aromatic heterocycles. The number of halogens is 1. The summed E-state index contributed by atoms with van der Waals surface area (Å²) in [4.78, 5) is 11.8. The smallest absolute Gasteiger partial charge is 0.277 e. The van der Waals surface area contributed by atoms with Crippen molar-refractivity contribution >= 4 is 75.6 Å². The van der Waals surface area contributed by atoms with Crippen molar-refractivity contribution in [2.75, 3.05) is 0 Å². The Morgan fingerprint density at radius 3 is 1.88 bits per heavy atom. The molecule has 0 bridgehead atoms. The lowest BCUT2D eigenvalue weighted by Crippen LogP contribution is -2.01. The highest BCUT2D eigenvalue weighted by molar-refractivity contribution is 9.12. The van der Waals surface area contributed by atoms with Crippen molar-refractivity contribution in [3.63, 3.8) is 0 Å². The quantitative estimate of drug-likeness (QED) is 0.0844. The third-order valence-corrected chi connectivity index (χ3v) is 8.95. The van der Waals surface area contributed by atoms with Gasteiger partial charge in [-0.3, -0.25) is 10.1 Å².